The molecule has 1 N–H and O–H groups in total. The smallest absolute Gasteiger partial charge is 0.220 e. The van der Waals surface area contributed by atoms with Crippen molar-refractivity contribution in [3.63, 3.8) is 0 Å². The molecule has 4 atom stereocenters. The highest BCUT2D eigenvalue weighted by Gasteiger charge is 2.55. The molecule has 5 nitrogen and oxygen atoms in total. The second-order valence-electron chi connectivity index (χ2n) is 6.20. The molecule has 0 bridgehead atoms. The van der Waals surface area contributed by atoms with Crippen molar-refractivity contribution in [3.8, 4) is 0 Å². The number of likely N-dealkylation sites (N-methyl/N-ethyl adjacent to an activating group) is 1. The number of nitrogens with one attached hydrogen (secondary N) is 1. The molecule has 1 aliphatic heterocycles. The number of nitrogens with zero attached hydrogens (tertiary/aromatic N) is 2. The highest BCUT2D eigenvalue weighted by atomic mass is 16.5. The van der Waals surface area contributed by atoms with E-state index in [4.69, 9.17) is 4.74 Å². The van der Waals surface area contributed by atoms with E-state index in [2.05, 4.69) is 29.3 Å². The normalized spacial score (nSPS) is 30.8. The third-order valence-electron chi connectivity index (χ3n) is 4.64. The first-order valence-corrected chi connectivity index (χ1v) is 7.63. The van der Waals surface area contributed by atoms with Crippen molar-refractivity contribution in [2.24, 2.45) is 5.92 Å². The summed E-state index contributed by atoms with van der Waals surface area (Å²) in [6.45, 7) is 0.821. The summed E-state index contributed by atoms with van der Waals surface area (Å²) < 4.78 is 5.77. The maximum atomic E-state index is 12.2. The molecular formula is C16H23N3O2. The van der Waals surface area contributed by atoms with Crippen LogP contribution in [0.4, 0.5) is 0 Å². The first-order valence-electron chi connectivity index (χ1n) is 7.63. The van der Waals surface area contributed by atoms with E-state index in [-0.39, 0.29) is 11.9 Å². The van der Waals surface area contributed by atoms with Crippen LogP contribution in [-0.2, 0) is 16.0 Å². The summed E-state index contributed by atoms with van der Waals surface area (Å²) in [5.74, 6) is 0.612. The highest BCUT2D eigenvalue weighted by Crippen LogP contribution is 2.41. The van der Waals surface area contributed by atoms with E-state index in [0.29, 0.717) is 24.5 Å². The summed E-state index contributed by atoms with van der Waals surface area (Å²) in [7, 11) is 4.11. The maximum absolute atomic E-state index is 12.2. The fraction of sp³-hybridized carbons (Fsp3) is 0.625. The van der Waals surface area contributed by atoms with Crippen LogP contribution in [0.15, 0.2) is 24.5 Å². The van der Waals surface area contributed by atoms with Crippen LogP contribution in [0, 0.1) is 5.92 Å². The Morgan fingerprint density at radius 3 is 3.10 bits per heavy atom. The van der Waals surface area contributed by atoms with Gasteiger partial charge in [-0.25, -0.2) is 0 Å². The van der Waals surface area contributed by atoms with E-state index >= 15 is 0 Å². The molecule has 0 radical (unpaired) electrons. The average molecular weight is 289 g/mol. The summed E-state index contributed by atoms with van der Waals surface area (Å²) in [6, 6.07) is 4.45. The van der Waals surface area contributed by atoms with Gasteiger partial charge in [-0.05, 0) is 38.6 Å². The summed E-state index contributed by atoms with van der Waals surface area (Å²) in [6.07, 6.45) is 6.18. The van der Waals surface area contributed by atoms with Crippen LogP contribution < -0.4 is 5.32 Å². The van der Waals surface area contributed by atoms with Crippen molar-refractivity contribution >= 4 is 5.91 Å². The number of fused-ring (bicyclic) bond motifs is 1. The van der Waals surface area contributed by atoms with Crippen molar-refractivity contribution in [3.05, 3.63) is 30.1 Å². The minimum Gasteiger partial charge on any atom is -0.376 e. The monoisotopic (exact) mass is 289 g/mol. The molecule has 21 heavy (non-hydrogen) atoms. The Morgan fingerprint density at radius 1 is 1.52 bits per heavy atom. The molecular weight excluding hydrogens is 266 g/mol. The Labute approximate surface area is 125 Å². The number of aromatic nitrogens is 1. The minimum atomic E-state index is 0.126. The van der Waals surface area contributed by atoms with Gasteiger partial charge in [-0.1, -0.05) is 6.07 Å². The molecule has 3 rings (SSSR count). The lowest BCUT2D eigenvalue weighted by atomic mass is 9.71. The topological polar surface area (TPSA) is 54.5 Å². The highest BCUT2D eigenvalue weighted by molar-refractivity contribution is 5.76. The van der Waals surface area contributed by atoms with Crippen molar-refractivity contribution in [2.75, 3.05) is 20.7 Å². The summed E-state index contributed by atoms with van der Waals surface area (Å²) in [5.41, 5.74) is 1.10. The predicted octanol–water partition coefficient (Wildman–Crippen LogP) is 0.848. The Bertz CT molecular complexity index is 492. The summed E-state index contributed by atoms with van der Waals surface area (Å²) >= 11 is 0. The molecule has 1 saturated carbocycles. The number of rotatable bonds is 5. The first-order chi connectivity index (χ1) is 10.2. The van der Waals surface area contributed by atoms with Gasteiger partial charge in [-0.3, -0.25) is 9.78 Å². The standard InChI is InChI=1S/C16H23N3O2/c1-19(2)15-14(12-7-9-21-16(12)15)18-13(20)6-5-11-4-3-8-17-10-11/h3-4,8,10,12,14-16H,5-7,9H2,1-2H3,(H,18,20)/t12-,14+,15-,16-/m1/s1. The van der Waals surface area contributed by atoms with Gasteiger partial charge in [-0.2, -0.15) is 0 Å². The van der Waals surface area contributed by atoms with Crippen molar-refractivity contribution in [1.29, 1.82) is 0 Å². The number of aryl methyl sites for hydroxylation is 1. The molecule has 5 heteroatoms. The maximum Gasteiger partial charge on any atom is 0.220 e. The predicted molar refractivity (Wildman–Crippen MR) is 79.8 cm³/mol. The molecule has 1 aromatic heterocycles. The van der Waals surface area contributed by atoms with E-state index in [1.165, 1.54) is 0 Å². The molecule has 0 unspecified atom stereocenters. The second-order valence-corrected chi connectivity index (χ2v) is 6.20. The number of carbonyl (C=O) groups excluding carboxylic acids is 1. The molecule has 114 valence electrons. The quantitative estimate of drug-likeness (QED) is 0.873. The number of amides is 1. The Hall–Kier alpha value is -1.46. The fourth-order valence-corrected chi connectivity index (χ4v) is 3.55. The van der Waals surface area contributed by atoms with Crippen LogP contribution in [0.1, 0.15) is 18.4 Å². The van der Waals surface area contributed by atoms with Crippen LogP contribution in [0.2, 0.25) is 0 Å². The lowest BCUT2D eigenvalue weighted by Gasteiger charge is -2.50. The number of ether oxygens (including phenoxy) is 1. The van der Waals surface area contributed by atoms with Gasteiger partial charge in [0.15, 0.2) is 0 Å². The zero-order chi connectivity index (χ0) is 14.8. The van der Waals surface area contributed by atoms with E-state index in [0.717, 1.165) is 25.0 Å². The van der Waals surface area contributed by atoms with Crippen molar-refractivity contribution in [1.82, 2.24) is 15.2 Å². The number of pyridine rings is 1. The van der Waals surface area contributed by atoms with E-state index in [1.807, 2.05) is 18.3 Å². The van der Waals surface area contributed by atoms with Gasteiger partial charge in [-0.15, -0.1) is 0 Å². The number of carbonyl (C=O) groups is 1. The van der Waals surface area contributed by atoms with Gasteiger partial charge < -0.3 is 15.0 Å². The summed E-state index contributed by atoms with van der Waals surface area (Å²) in [4.78, 5) is 18.4. The van der Waals surface area contributed by atoms with Crippen LogP contribution in [0.3, 0.4) is 0 Å². The third-order valence-corrected chi connectivity index (χ3v) is 4.64. The van der Waals surface area contributed by atoms with Crippen LogP contribution in [-0.4, -0.2) is 54.7 Å². The lowest BCUT2D eigenvalue weighted by molar-refractivity contribution is -0.128. The van der Waals surface area contributed by atoms with Gasteiger partial charge >= 0.3 is 0 Å². The van der Waals surface area contributed by atoms with E-state index in [1.54, 1.807) is 6.20 Å². The van der Waals surface area contributed by atoms with E-state index in [9.17, 15) is 4.79 Å². The SMILES string of the molecule is CN(C)[C@@H]1[C@@H](NC(=O)CCc2cccnc2)[C@H]2CCO[C@H]21. The largest absolute Gasteiger partial charge is 0.376 e. The molecule has 2 aliphatic rings. The Kier molecular flexibility index (Phi) is 4.22. The Balaban J connectivity index is 1.52. The van der Waals surface area contributed by atoms with E-state index < -0.39 is 0 Å². The van der Waals surface area contributed by atoms with Gasteiger partial charge in [0.1, 0.15) is 0 Å². The fourth-order valence-electron chi connectivity index (χ4n) is 3.55. The molecule has 0 aromatic carbocycles. The van der Waals surface area contributed by atoms with Crippen LogP contribution in [0.5, 0.6) is 0 Å². The second kappa shape index (κ2) is 6.12. The minimum absolute atomic E-state index is 0.126. The van der Waals surface area contributed by atoms with Gasteiger partial charge in [0.25, 0.3) is 0 Å². The Morgan fingerprint density at radius 2 is 2.38 bits per heavy atom. The molecule has 1 aliphatic carbocycles. The van der Waals surface area contributed by atoms with Crippen LogP contribution >= 0.6 is 0 Å². The van der Waals surface area contributed by atoms with Gasteiger partial charge in [0.2, 0.25) is 5.91 Å². The van der Waals surface area contributed by atoms with Crippen LogP contribution in [0.25, 0.3) is 0 Å². The first kappa shape index (κ1) is 14.5. The number of hydrogen-bond acceptors (Lipinski definition) is 4. The molecule has 2 fully saturated rings. The number of hydrogen-bond donors (Lipinski definition) is 1. The molecule has 1 amide bonds. The zero-order valence-electron chi connectivity index (χ0n) is 12.7. The lowest BCUT2D eigenvalue weighted by Crippen LogP contribution is -2.69. The zero-order valence-corrected chi connectivity index (χ0v) is 12.7. The van der Waals surface area contributed by atoms with Crippen molar-refractivity contribution < 1.29 is 9.53 Å². The molecule has 0 spiro atoms. The van der Waals surface area contributed by atoms with Gasteiger partial charge in [0.05, 0.1) is 18.2 Å². The molecule has 1 saturated heterocycles. The third kappa shape index (κ3) is 2.94. The summed E-state index contributed by atoms with van der Waals surface area (Å²) in [5, 5.41) is 3.21. The molecule has 2 heterocycles. The van der Waals surface area contributed by atoms with Gasteiger partial charge in [0, 0.05) is 31.3 Å². The average Bonchev–Trinajstić information content (AvgIpc) is 2.87. The van der Waals surface area contributed by atoms with Crippen molar-refractivity contribution in [2.45, 2.75) is 37.5 Å². The molecule has 1 aromatic rings.